The van der Waals surface area contributed by atoms with Crippen LogP contribution >= 0.6 is 0 Å². The van der Waals surface area contributed by atoms with Crippen molar-refractivity contribution < 1.29 is 18.3 Å². The lowest BCUT2D eigenvalue weighted by molar-refractivity contribution is 0.102. The van der Waals surface area contributed by atoms with E-state index < -0.39 is 11.6 Å². The lowest BCUT2D eigenvalue weighted by Gasteiger charge is -2.07. The molecule has 0 radical (unpaired) electrons. The molecular weight excluding hydrogens is 316 g/mol. The highest BCUT2D eigenvalue weighted by molar-refractivity contribution is 6.02. The summed E-state index contributed by atoms with van der Waals surface area (Å²) >= 11 is 0. The van der Waals surface area contributed by atoms with E-state index in [1.165, 1.54) is 23.0 Å². The zero-order valence-electron chi connectivity index (χ0n) is 12.4. The van der Waals surface area contributed by atoms with Gasteiger partial charge in [-0.15, -0.1) is 0 Å². The van der Waals surface area contributed by atoms with E-state index >= 15 is 0 Å². The number of aromatic nitrogens is 2. The van der Waals surface area contributed by atoms with Crippen molar-refractivity contribution in [2.75, 3.05) is 5.32 Å². The van der Waals surface area contributed by atoms with E-state index in [0.717, 1.165) is 12.1 Å². The standard InChI is InChI=1S/C17H13F2N3O2/c18-12-6-7-16(14(19)10-12)24-11-22-9-8-15(21-22)17(23)20-13-4-2-1-3-5-13/h1-10H,11H2,(H,20,23). The highest BCUT2D eigenvalue weighted by atomic mass is 19.1. The number of para-hydroxylation sites is 1. The molecule has 0 aliphatic carbocycles. The third-order valence-corrected chi connectivity index (χ3v) is 3.15. The van der Waals surface area contributed by atoms with Gasteiger partial charge in [-0.05, 0) is 30.3 Å². The Labute approximate surface area is 136 Å². The quantitative estimate of drug-likeness (QED) is 0.780. The summed E-state index contributed by atoms with van der Waals surface area (Å²) in [5, 5.41) is 6.76. The van der Waals surface area contributed by atoms with Crippen LogP contribution in [-0.4, -0.2) is 15.7 Å². The Kier molecular flexibility index (Phi) is 4.51. The smallest absolute Gasteiger partial charge is 0.276 e. The van der Waals surface area contributed by atoms with Crippen molar-refractivity contribution in [2.45, 2.75) is 6.73 Å². The fraction of sp³-hybridized carbons (Fsp3) is 0.0588. The van der Waals surface area contributed by atoms with Crippen LogP contribution in [0.4, 0.5) is 14.5 Å². The molecule has 0 fully saturated rings. The van der Waals surface area contributed by atoms with Crippen LogP contribution in [0.15, 0.2) is 60.8 Å². The number of nitrogens with zero attached hydrogens (tertiary/aromatic N) is 2. The fourth-order valence-corrected chi connectivity index (χ4v) is 2.00. The van der Waals surface area contributed by atoms with Crippen molar-refractivity contribution in [1.29, 1.82) is 0 Å². The molecule has 0 aliphatic heterocycles. The summed E-state index contributed by atoms with van der Waals surface area (Å²) in [5.41, 5.74) is 0.851. The van der Waals surface area contributed by atoms with Gasteiger partial charge in [-0.2, -0.15) is 5.10 Å². The Bertz CT molecular complexity index is 850. The van der Waals surface area contributed by atoms with Crippen LogP contribution in [0.2, 0.25) is 0 Å². The zero-order chi connectivity index (χ0) is 16.9. The summed E-state index contributed by atoms with van der Waals surface area (Å²) in [4.78, 5) is 12.1. The molecule has 1 aromatic heterocycles. The lowest BCUT2D eigenvalue weighted by atomic mass is 10.3. The van der Waals surface area contributed by atoms with Crippen molar-refractivity contribution in [1.82, 2.24) is 9.78 Å². The van der Waals surface area contributed by atoms with Gasteiger partial charge in [-0.25, -0.2) is 13.5 Å². The Morgan fingerprint density at radius 2 is 1.92 bits per heavy atom. The number of benzene rings is 2. The molecule has 0 saturated carbocycles. The highest BCUT2D eigenvalue weighted by Crippen LogP contribution is 2.18. The number of carbonyl (C=O) groups excluding carboxylic acids is 1. The Morgan fingerprint density at radius 3 is 2.67 bits per heavy atom. The predicted molar refractivity (Wildman–Crippen MR) is 83.6 cm³/mol. The van der Waals surface area contributed by atoms with Crippen molar-refractivity contribution in [3.8, 4) is 5.75 Å². The molecule has 0 aliphatic rings. The monoisotopic (exact) mass is 329 g/mol. The van der Waals surface area contributed by atoms with Gasteiger partial charge in [0.2, 0.25) is 0 Å². The molecule has 0 atom stereocenters. The van der Waals surface area contributed by atoms with Gasteiger partial charge < -0.3 is 10.1 Å². The first-order valence-corrected chi connectivity index (χ1v) is 7.09. The third kappa shape index (κ3) is 3.75. The van der Waals surface area contributed by atoms with Gasteiger partial charge in [-0.3, -0.25) is 4.79 Å². The molecule has 0 bridgehead atoms. The largest absolute Gasteiger partial charge is 0.468 e. The third-order valence-electron chi connectivity index (χ3n) is 3.15. The maximum Gasteiger partial charge on any atom is 0.276 e. The first kappa shape index (κ1) is 15.7. The number of hydrogen-bond acceptors (Lipinski definition) is 3. The summed E-state index contributed by atoms with van der Waals surface area (Å²) in [6.45, 7) is -0.110. The van der Waals surface area contributed by atoms with Crippen LogP contribution in [0.5, 0.6) is 5.75 Å². The van der Waals surface area contributed by atoms with E-state index in [1.54, 1.807) is 24.3 Å². The highest BCUT2D eigenvalue weighted by Gasteiger charge is 2.10. The van der Waals surface area contributed by atoms with E-state index in [0.29, 0.717) is 5.69 Å². The van der Waals surface area contributed by atoms with Crippen LogP contribution < -0.4 is 10.1 Å². The Balaban J connectivity index is 1.62. The molecule has 3 aromatic rings. The summed E-state index contributed by atoms with van der Waals surface area (Å²) in [6, 6.07) is 13.5. The minimum absolute atomic E-state index is 0.0952. The second kappa shape index (κ2) is 6.91. The Hall–Kier alpha value is -3.22. The summed E-state index contributed by atoms with van der Waals surface area (Å²) in [6.07, 6.45) is 1.53. The molecule has 0 spiro atoms. The first-order chi connectivity index (χ1) is 11.6. The number of nitrogens with one attached hydrogen (secondary N) is 1. The van der Waals surface area contributed by atoms with Gasteiger partial charge in [0, 0.05) is 18.0 Å². The molecule has 3 rings (SSSR count). The van der Waals surface area contributed by atoms with Gasteiger partial charge in [0.25, 0.3) is 5.91 Å². The number of carbonyl (C=O) groups is 1. The molecule has 122 valence electrons. The lowest BCUT2D eigenvalue weighted by Crippen LogP contribution is -2.14. The summed E-state index contributed by atoms with van der Waals surface area (Å²) < 4.78 is 32.8. The zero-order valence-corrected chi connectivity index (χ0v) is 12.4. The van der Waals surface area contributed by atoms with Crippen LogP contribution in [0.3, 0.4) is 0 Å². The molecule has 1 N–H and O–H groups in total. The van der Waals surface area contributed by atoms with E-state index in [-0.39, 0.29) is 24.1 Å². The normalized spacial score (nSPS) is 10.4. The second-order valence-corrected chi connectivity index (χ2v) is 4.91. The first-order valence-electron chi connectivity index (χ1n) is 7.09. The molecule has 1 amide bonds. The van der Waals surface area contributed by atoms with Gasteiger partial charge in [-0.1, -0.05) is 18.2 Å². The topological polar surface area (TPSA) is 56.2 Å². The average Bonchev–Trinajstić information content (AvgIpc) is 3.04. The van der Waals surface area contributed by atoms with E-state index in [2.05, 4.69) is 10.4 Å². The minimum atomic E-state index is -0.802. The maximum absolute atomic E-state index is 13.5. The number of anilines is 1. The van der Waals surface area contributed by atoms with Gasteiger partial charge in [0.1, 0.15) is 5.82 Å². The number of hydrogen-bond donors (Lipinski definition) is 1. The number of halogens is 2. The van der Waals surface area contributed by atoms with Gasteiger partial charge in [0.15, 0.2) is 24.0 Å². The van der Waals surface area contributed by atoms with Crippen molar-refractivity contribution in [2.24, 2.45) is 0 Å². The van der Waals surface area contributed by atoms with Crippen LogP contribution in [0, 0.1) is 11.6 Å². The summed E-state index contributed by atoms with van der Waals surface area (Å²) in [5.74, 6) is -1.95. The molecule has 0 saturated heterocycles. The molecular formula is C17H13F2N3O2. The van der Waals surface area contributed by atoms with E-state index in [1.807, 2.05) is 6.07 Å². The SMILES string of the molecule is O=C(Nc1ccccc1)c1ccn(COc2ccc(F)cc2F)n1. The molecule has 7 heteroatoms. The Morgan fingerprint density at radius 1 is 1.12 bits per heavy atom. The molecule has 0 unspecified atom stereocenters. The molecule has 24 heavy (non-hydrogen) atoms. The fourth-order valence-electron chi connectivity index (χ4n) is 2.00. The summed E-state index contributed by atoms with van der Waals surface area (Å²) in [7, 11) is 0. The van der Waals surface area contributed by atoms with E-state index in [4.69, 9.17) is 4.74 Å². The number of rotatable bonds is 5. The van der Waals surface area contributed by atoms with Crippen molar-refractivity contribution in [3.63, 3.8) is 0 Å². The molecule has 2 aromatic carbocycles. The van der Waals surface area contributed by atoms with Crippen molar-refractivity contribution >= 4 is 11.6 Å². The van der Waals surface area contributed by atoms with E-state index in [9.17, 15) is 13.6 Å². The second-order valence-electron chi connectivity index (χ2n) is 4.91. The van der Waals surface area contributed by atoms with Crippen molar-refractivity contribution in [3.05, 3.63) is 78.1 Å². The van der Waals surface area contributed by atoms with Gasteiger partial charge in [0.05, 0.1) is 0 Å². The minimum Gasteiger partial charge on any atom is -0.468 e. The molecule has 5 nitrogen and oxygen atoms in total. The molecule has 1 heterocycles. The van der Waals surface area contributed by atoms with Crippen LogP contribution in [-0.2, 0) is 6.73 Å². The number of amides is 1. The average molecular weight is 329 g/mol. The number of ether oxygens (including phenoxy) is 1. The van der Waals surface area contributed by atoms with Crippen LogP contribution in [0.1, 0.15) is 10.5 Å². The maximum atomic E-state index is 13.5. The predicted octanol–water partition coefficient (Wildman–Crippen LogP) is 3.45. The van der Waals surface area contributed by atoms with Gasteiger partial charge >= 0.3 is 0 Å². The van der Waals surface area contributed by atoms with Crippen LogP contribution in [0.25, 0.3) is 0 Å².